The molecular weight excluding hydrogens is 262 g/mol. The number of methoxy groups -OCH3 is 1. The Kier molecular flexibility index (Phi) is 7.39. The third-order valence-corrected chi connectivity index (χ3v) is 4.86. The van der Waals surface area contributed by atoms with E-state index in [-0.39, 0.29) is 0 Å². The summed E-state index contributed by atoms with van der Waals surface area (Å²) in [5, 5.41) is 12.0. The van der Waals surface area contributed by atoms with E-state index >= 15 is 0 Å². The van der Waals surface area contributed by atoms with E-state index < -0.39 is 0 Å². The predicted molar refractivity (Wildman–Crippen MR) is 71.8 cm³/mol. The molecule has 0 bridgehead atoms. The van der Waals surface area contributed by atoms with Gasteiger partial charge in [-0.15, -0.1) is 10.2 Å². The lowest BCUT2D eigenvalue weighted by Gasteiger charge is -2.09. The highest BCUT2D eigenvalue weighted by Gasteiger charge is 2.08. The molecule has 1 heterocycles. The highest BCUT2D eigenvalue weighted by molar-refractivity contribution is 8.03. The molecule has 1 N–H and O–H groups in total. The van der Waals surface area contributed by atoms with Crippen molar-refractivity contribution in [2.45, 2.75) is 20.9 Å². The van der Waals surface area contributed by atoms with Crippen molar-refractivity contribution in [1.82, 2.24) is 15.5 Å². The van der Waals surface area contributed by atoms with Gasteiger partial charge in [0, 0.05) is 25.4 Å². The zero-order chi connectivity index (χ0) is 11.8. The number of aromatic nitrogens is 2. The Bertz CT molecular complexity index is 295. The van der Waals surface area contributed by atoms with Crippen LogP contribution in [0.5, 0.6) is 0 Å². The normalized spacial score (nSPS) is 12.9. The molecule has 4 nitrogen and oxygen atoms in total. The molecule has 1 aromatic rings. The Balaban J connectivity index is 2.20. The van der Waals surface area contributed by atoms with Gasteiger partial charge in [0.05, 0.1) is 6.61 Å². The minimum Gasteiger partial charge on any atom is -0.383 e. The van der Waals surface area contributed by atoms with Gasteiger partial charge in [-0.1, -0.05) is 41.8 Å². The molecule has 1 rings (SSSR count). The van der Waals surface area contributed by atoms with Crippen LogP contribution in [-0.2, 0) is 4.74 Å². The van der Waals surface area contributed by atoms with E-state index in [1.165, 1.54) is 0 Å². The molecule has 7 heteroatoms. The second-order valence-corrected chi connectivity index (χ2v) is 6.88. The van der Waals surface area contributed by atoms with Crippen LogP contribution in [0.25, 0.3) is 0 Å². The van der Waals surface area contributed by atoms with Crippen molar-refractivity contribution in [3.05, 3.63) is 0 Å². The number of hydrogen-bond donors (Lipinski definition) is 1. The van der Waals surface area contributed by atoms with Crippen molar-refractivity contribution in [3.63, 3.8) is 0 Å². The Morgan fingerprint density at radius 3 is 2.81 bits per heavy atom. The lowest BCUT2D eigenvalue weighted by atomic mass is 10.4. The molecule has 16 heavy (non-hydrogen) atoms. The molecule has 0 aliphatic rings. The van der Waals surface area contributed by atoms with Gasteiger partial charge in [0.2, 0.25) is 0 Å². The molecule has 0 saturated heterocycles. The van der Waals surface area contributed by atoms with Crippen molar-refractivity contribution in [2.75, 3.05) is 33.1 Å². The Labute approximate surface area is 109 Å². The average molecular weight is 279 g/mol. The predicted octanol–water partition coefficient (Wildman–Crippen LogP) is 1.98. The zero-order valence-electron chi connectivity index (χ0n) is 9.73. The fraction of sp³-hybridized carbons (Fsp3) is 0.778. The summed E-state index contributed by atoms with van der Waals surface area (Å²) in [5.41, 5.74) is 0. The first kappa shape index (κ1) is 14.2. The summed E-state index contributed by atoms with van der Waals surface area (Å²) >= 11 is 5.06. The lowest BCUT2D eigenvalue weighted by molar-refractivity contribution is 0.199. The van der Waals surface area contributed by atoms with E-state index in [9.17, 15) is 0 Å². The molecule has 0 amide bonds. The zero-order valence-corrected chi connectivity index (χ0v) is 12.2. The molecule has 1 aromatic heterocycles. The van der Waals surface area contributed by atoms with Crippen LogP contribution in [0.1, 0.15) is 6.92 Å². The minimum absolute atomic E-state index is 0.500. The van der Waals surface area contributed by atoms with Crippen LogP contribution in [0.15, 0.2) is 8.68 Å². The molecule has 92 valence electrons. The topological polar surface area (TPSA) is 47.0 Å². The second kappa shape index (κ2) is 8.30. The lowest BCUT2D eigenvalue weighted by Crippen LogP contribution is -2.26. The van der Waals surface area contributed by atoms with E-state index in [0.717, 1.165) is 28.4 Å². The molecule has 0 aliphatic heterocycles. The van der Waals surface area contributed by atoms with E-state index in [2.05, 4.69) is 22.4 Å². The highest BCUT2D eigenvalue weighted by atomic mass is 32.2. The first-order chi connectivity index (χ1) is 7.76. The smallest absolute Gasteiger partial charge is 0.175 e. The number of nitrogens with zero attached hydrogens (tertiary/aromatic N) is 2. The van der Waals surface area contributed by atoms with Gasteiger partial charge >= 0.3 is 0 Å². The maximum atomic E-state index is 4.97. The van der Waals surface area contributed by atoms with Crippen molar-refractivity contribution >= 4 is 34.9 Å². The number of hydrogen-bond acceptors (Lipinski definition) is 7. The Morgan fingerprint density at radius 1 is 1.44 bits per heavy atom. The van der Waals surface area contributed by atoms with Crippen LogP contribution in [0.3, 0.4) is 0 Å². The number of nitrogens with one attached hydrogen (secondary N) is 1. The monoisotopic (exact) mass is 279 g/mol. The molecule has 0 aromatic carbocycles. The highest BCUT2D eigenvalue weighted by Crippen LogP contribution is 2.29. The molecule has 0 spiro atoms. The molecule has 1 atom stereocenters. The fourth-order valence-electron chi connectivity index (χ4n) is 1.02. The van der Waals surface area contributed by atoms with Crippen LogP contribution in [0.2, 0.25) is 0 Å². The van der Waals surface area contributed by atoms with Gasteiger partial charge in [-0.2, -0.15) is 0 Å². The van der Waals surface area contributed by atoms with Gasteiger partial charge in [0.15, 0.2) is 8.68 Å². The van der Waals surface area contributed by atoms with Gasteiger partial charge in [0.25, 0.3) is 0 Å². The fourth-order valence-corrected chi connectivity index (χ4v) is 3.74. The average Bonchev–Trinajstić information content (AvgIpc) is 2.72. The van der Waals surface area contributed by atoms with E-state index in [4.69, 9.17) is 4.74 Å². The summed E-state index contributed by atoms with van der Waals surface area (Å²) in [6.07, 6.45) is 2.02. The Morgan fingerprint density at radius 2 is 2.19 bits per heavy atom. The van der Waals surface area contributed by atoms with E-state index in [0.29, 0.717) is 5.25 Å². The minimum atomic E-state index is 0.500. The summed E-state index contributed by atoms with van der Waals surface area (Å²) in [6, 6.07) is 0. The van der Waals surface area contributed by atoms with Crippen molar-refractivity contribution in [1.29, 1.82) is 0 Å². The van der Waals surface area contributed by atoms with Crippen molar-refractivity contribution in [2.24, 2.45) is 0 Å². The molecule has 0 saturated carbocycles. The SMILES string of the molecule is COCCNCC(C)Sc1nnc(SC)s1. The van der Waals surface area contributed by atoms with Crippen molar-refractivity contribution in [3.8, 4) is 0 Å². The number of rotatable bonds is 8. The van der Waals surface area contributed by atoms with Crippen LogP contribution < -0.4 is 5.32 Å². The van der Waals surface area contributed by atoms with Crippen LogP contribution in [-0.4, -0.2) is 48.5 Å². The maximum absolute atomic E-state index is 4.97. The summed E-state index contributed by atoms with van der Waals surface area (Å²) < 4.78 is 7.04. The van der Waals surface area contributed by atoms with Gasteiger partial charge in [-0.25, -0.2) is 0 Å². The van der Waals surface area contributed by atoms with Crippen molar-refractivity contribution < 1.29 is 4.74 Å². The van der Waals surface area contributed by atoms with Gasteiger partial charge < -0.3 is 10.1 Å². The van der Waals surface area contributed by atoms with E-state index in [1.54, 1.807) is 42.0 Å². The summed E-state index contributed by atoms with van der Waals surface area (Å²) in [6.45, 7) is 4.80. The molecule has 1 unspecified atom stereocenters. The third kappa shape index (κ3) is 5.49. The standard InChI is InChI=1S/C9H17N3OS3/c1-7(6-10-4-5-13-2)15-9-12-11-8(14-3)16-9/h7,10H,4-6H2,1-3H3. The molecule has 0 radical (unpaired) electrons. The second-order valence-electron chi connectivity index (χ2n) is 3.16. The van der Waals surface area contributed by atoms with Crippen LogP contribution in [0, 0.1) is 0 Å². The molecule has 0 fully saturated rings. The summed E-state index contributed by atoms with van der Waals surface area (Å²) in [7, 11) is 1.71. The van der Waals surface area contributed by atoms with Gasteiger partial charge in [-0.3, -0.25) is 0 Å². The maximum Gasteiger partial charge on any atom is 0.175 e. The van der Waals surface area contributed by atoms with E-state index in [1.807, 2.05) is 6.26 Å². The molecule has 0 aliphatic carbocycles. The first-order valence-electron chi connectivity index (χ1n) is 5.00. The first-order valence-corrected chi connectivity index (χ1v) is 7.92. The van der Waals surface area contributed by atoms with Crippen LogP contribution in [0.4, 0.5) is 0 Å². The summed E-state index contributed by atoms with van der Waals surface area (Å²) in [5.74, 6) is 0. The molecular formula is C9H17N3OS3. The Hall–Kier alpha value is 0.180. The quantitative estimate of drug-likeness (QED) is 0.580. The number of thioether (sulfide) groups is 2. The van der Waals surface area contributed by atoms with Crippen LogP contribution >= 0.6 is 34.9 Å². The van der Waals surface area contributed by atoms with Gasteiger partial charge in [-0.05, 0) is 6.26 Å². The number of ether oxygens (including phenoxy) is 1. The van der Waals surface area contributed by atoms with Gasteiger partial charge in [0.1, 0.15) is 0 Å². The summed E-state index contributed by atoms with van der Waals surface area (Å²) in [4.78, 5) is 0. The third-order valence-electron chi connectivity index (χ3n) is 1.78. The largest absolute Gasteiger partial charge is 0.383 e.